The minimum Gasteiger partial charge on any atom is -0.387 e. The molecule has 1 amide bonds. The Hall–Kier alpha value is -0.760. The average Bonchev–Trinajstić information content (AvgIpc) is 3.28. The zero-order valence-electron chi connectivity index (χ0n) is 45.0. The molecule has 0 aromatic carbocycles. The number of likely N-dealkylation sites (N-methyl/N-ethyl adjacent to an activating group) is 1. The van der Waals surface area contributed by atoms with E-state index in [1.54, 1.807) is 6.08 Å². The molecule has 0 heterocycles. The van der Waals surface area contributed by atoms with Crippen LogP contribution in [0.25, 0.3) is 0 Å². The van der Waals surface area contributed by atoms with E-state index in [1.807, 2.05) is 27.2 Å². The summed E-state index contributed by atoms with van der Waals surface area (Å²) in [6.07, 6.45) is 60.4. The number of amides is 1. The van der Waals surface area contributed by atoms with Gasteiger partial charge in [-0.15, -0.1) is 0 Å². The Morgan fingerprint density at radius 1 is 0.500 bits per heavy atom. The monoisotopic (exact) mass is 956 g/mol. The van der Waals surface area contributed by atoms with Crippen LogP contribution in [0.1, 0.15) is 296 Å². The Labute approximate surface area is 412 Å². The van der Waals surface area contributed by atoms with Gasteiger partial charge in [0.25, 0.3) is 0 Å². The summed E-state index contributed by atoms with van der Waals surface area (Å²) in [5.41, 5.74) is 0. The molecule has 0 rings (SSSR count). The summed E-state index contributed by atoms with van der Waals surface area (Å²) < 4.78 is 23.7. The van der Waals surface area contributed by atoms with Crippen LogP contribution in [0.5, 0.6) is 0 Å². The molecule has 8 nitrogen and oxygen atoms in total. The normalized spacial score (nSPS) is 14.0. The van der Waals surface area contributed by atoms with Crippen LogP contribution >= 0.6 is 7.82 Å². The number of quaternary nitrogens is 1. The lowest BCUT2D eigenvalue weighted by Gasteiger charge is -2.25. The van der Waals surface area contributed by atoms with Gasteiger partial charge in [-0.05, 0) is 19.3 Å². The summed E-state index contributed by atoms with van der Waals surface area (Å²) in [6, 6.07) is -0.841. The summed E-state index contributed by atoms with van der Waals surface area (Å²) >= 11 is 0. The quantitative estimate of drug-likeness (QED) is 0.0243. The Bertz CT molecular complexity index is 1080. The van der Waals surface area contributed by atoms with E-state index in [4.69, 9.17) is 9.05 Å². The third-order valence-electron chi connectivity index (χ3n) is 13.5. The van der Waals surface area contributed by atoms with Crippen molar-refractivity contribution in [3.8, 4) is 0 Å². The number of phosphoric ester groups is 1. The van der Waals surface area contributed by atoms with Crippen molar-refractivity contribution >= 4 is 13.7 Å². The molecule has 66 heavy (non-hydrogen) atoms. The third kappa shape index (κ3) is 51.1. The number of rotatable bonds is 54. The number of unbranched alkanes of at least 4 members (excludes halogenated alkanes) is 41. The minimum atomic E-state index is -4.34. The van der Waals surface area contributed by atoms with E-state index < -0.39 is 20.0 Å². The predicted octanol–water partition coefficient (Wildman–Crippen LogP) is 17.4. The van der Waals surface area contributed by atoms with Gasteiger partial charge >= 0.3 is 7.82 Å². The number of aliphatic hydroxyl groups is 1. The maximum Gasteiger partial charge on any atom is 0.472 e. The highest BCUT2D eigenvalue weighted by Crippen LogP contribution is 2.43. The number of nitrogens with zero attached hydrogens (tertiary/aromatic N) is 1. The highest BCUT2D eigenvalue weighted by Gasteiger charge is 2.27. The molecular formula is C57H116N2O6P+. The first kappa shape index (κ1) is 65.2. The molecule has 0 aliphatic rings. The first-order valence-electron chi connectivity index (χ1n) is 29.1. The topological polar surface area (TPSA) is 105 Å². The molecular weight excluding hydrogens is 840 g/mol. The maximum absolute atomic E-state index is 12.9. The van der Waals surface area contributed by atoms with E-state index in [1.165, 1.54) is 244 Å². The van der Waals surface area contributed by atoms with E-state index in [-0.39, 0.29) is 19.1 Å². The number of hydrogen-bond donors (Lipinski definition) is 3. The van der Waals surface area contributed by atoms with Crippen molar-refractivity contribution in [2.75, 3.05) is 40.9 Å². The second-order valence-electron chi connectivity index (χ2n) is 21.4. The van der Waals surface area contributed by atoms with Gasteiger partial charge in [0, 0.05) is 6.42 Å². The van der Waals surface area contributed by atoms with Gasteiger partial charge in [0.2, 0.25) is 5.91 Å². The molecule has 0 radical (unpaired) electrons. The van der Waals surface area contributed by atoms with Gasteiger partial charge < -0.3 is 19.8 Å². The molecule has 3 atom stereocenters. The highest BCUT2D eigenvalue weighted by molar-refractivity contribution is 7.47. The highest BCUT2D eigenvalue weighted by atomic mass is 31.2. The van der Waals surface area contributed by atoms with Crippen LogP contribution < -0.4 is 5.32 Å². The fourth-order valence-electron chi connectivity index (χ4n) is 8.93. The maximum atomic E-state index is 12.9. The van der Waals surface area contributed by atoms with Crippen LogP contribution in [0.15, 0.2) is 12.2 Å². The Kier molecular flexibility index (Phi) is 48.7. The lowest BCUT2D eigenvalue weighted by molar-refractivity contribution is -0.870. The standard InChI is InChI=1S/C57H115N2O6P/c1-6-8-10-12-14-16-18-20-21-22-23-24-25-26-27-28-29-30-31-32-33-34-35-36-37-39-40-42-44-46-48-50-56(60)55(54-65-66(62,63)64-53-52-59(3,4)5)58-57(61)51-49-47-45-43-41-38-19-17-15-13-11-9-7-2/h48,50,55-56,60H,6-47,49,51-54H2,1-5H3,(H-,58,61,62,63)/p+1/b50-48+. The predicted molar refractivity (Wildman–Crippen MR) is 286 cm³/mol. The molecule has 0 aromatic heterocycles. The molecule has 0 saturated heterocycles. The fourth-order valence-corrected chi connectivity index (χ4v) is 9.66. The SMILES string of the molecule is CCCCCCCCCCCCCCCCCCCCCCCCCCCCCCC/C=C/C(O)C(COP(=O)(O)OCC[N+](C)(C)C)NC(=O)CCCCCCCCCCCCCCC. The van der Waals surface area contributed by atoms with Crippen molar-refractivity contribution in [2.24, 2.45) is 0 Å². The molecule has 0 spiro atoms. The third-order valence-corrected chi connectivity index (χ3v) is 14.5. The van der Waals surface area contributed by atoms with Crippen molar-refractivity contribution in [1.82, 2.24) is 5.32 Å². The van der Waals surface area contributed by atoms with Gasteiger partial charge in [-0.1, -0.05) is 283 Å². The molecule has 0 aliphatic heterocycles. The second-order valence-corrected chi connectivity index (χ2v) is 22.8. The average molecular weight is 957 g/mol. The lowest BCUT2D eigenvalue weighted by atomic mass is 10.0. The van der Waals surface area contributed by atoms with E-state index in [9.17, 15) is 19.4 Å². The van der Waals surface area contributed by atoms with Crippen LogP contribution in [0.4, 0.5) is 0 Å². The molecule has 3 N–H and O–H groups in total. The molecule has 0 saturated carbocycles. The van der Waals surface area contributed by atoms with E-state index in [2.05, 4.69) is 19.2 Å². The largest absolute Gasteiger partial charge is 0.472 e. The lowest BCUT2D eigenvalue weighted by Crippen LogP contribution is -2.45. The zero-order valence-corrected chi connectivity index (χ0v) is 45.9. The minimum absolute atomic E-state index is 0.0650. The van der Waals surface area contributed by atoms with Crippen LogP contribution in [0, 0.1) is 0 Å². The number of carbonyl (C=O) groups excluding carboxylic acids is 1. The van der Waals surface area contributed by atoms with Crippen LogP contribution in [-0.4, -0.2) is 73.4 Å². The first-order chi connectivity index (χ1) is 32.0. The molecule has 394 valence electrons. The smallest absolute Gasteiger partial charge is 0.387 e. The molecule has 3 unspecified atom stereocenters. The first-order valence-corrected chi connectivity index (χ1v) is 30.6. The van der Waals surface area contributed by atoms with Crippen LogP contribution in [-0.2, 0) is 18.4 Å². The van der Waals surface area contributed by atoms with Crippen LogP contribution in [0.2, 0.25) is 0 Å². The Morgan fingerprint density at radius 3 is 1.12 bits per heavy atom. The number of hydrogen-bond acceptors (Lipinski definition) is 5. The van der Waals surface area contributed by atoms with E-state index in [0.29, 0.717) is 17.4 Å². The van der Waals surface area contributed by atoms with Crippen molar-refractivity contribution in [2.45, 2.75) is 309 Å². The van der Waals surface area contributed by atoms with E-state index >= 15 is 0 Å². The van der Waals surface area contributed by atoms with Crippen molar-refractivity contribution in [1.29, 1.82) is 0 Å². The number of phosphoric acid groups is 1. The van der Waals surface area contributed by atoms with Gasteiger partial charge in [0.15, 0.2) is 0 Å². The van der Waals surface area contributed by atoms with Gasteiger partial charge in [-0.3, -0.25) is 13.8 Å². The number of carbonyl (C=O) groups is 1. The van der Waals surface area contributed by atoms with Crippen molar-refractivity contribution in [3.63, 3.8) is 0 Å². The Morgan fingerprint density at radius 2 is 0.803 bits per heavy atom. The second kappa shape index (κ2) is 49.2. The van der Waals surface area contributed by atoms with Crippen molar-refractivity contribution < 1.29 is 32.9 Å². The number of aliphatic hydroxyl groups excluding tert-OH is 1. The number of nitrogens with one attached hydrogen (secondary N) is 1. The summed E-state index contributed by atoms with van der Waals surface area (Å²) in [4.78, 5) is 23.2. The summed E-state index contributed by atoms with van der Waals surface area (Å²) in [5.74, 6) is -0.172. The number of allylic oxidation sites excluding steroid dienone is 1. The molecule has 0 fully saturated rings. The summed E-state index contributed by atoms with van der Waals surface area (Å²) in [5, 5.41) is 13.9. The van der Waals surface area contributed by atoms with Gasteiger partial charge in [0.1, 0.15) is 13.2 Å². The molecule has 0 aromatic rings. The van der Waals surface area contributed by atoms with Crippen LogP contribution in [0.3, 0.4) is 0 Å². The Balaban J connectivity index is 4.04. The van der Waals surface area contributed by atoms with Gasteiger partial charge in [-0.25, -0.2) is 4.57 Å². The molecule has 0 aliphatic carbocycles. The van der Waals surface area contributed by atoms with E-state index in [0.717, 1.165) is 32.1 Å². The molecule has 9 heteroatoms. The van der Waals surface area contributed by atoms with Gasteiger partial charge in [-0.2, -0.15) is 0 Å². The molecule has 0 bridgehead atoms. The summed E-state index contributed by atoms with van der Waals surface area (Å²) in [7, 11) is 1.59. The van der Waals surface area contributed by atoms with Crippen molar-refractivity contribution in [3.05, 3.63) is 12.2 Å². The fraction of sp³-hybridized carbons (Fsp3) is 0.947. The zero-order chi connectivity index (χ0) is 48.5. The summed E-state index contributed by atoms with van der Waals surface area (Å²) in [6.45, 7) is 4.85. The van der Waals surface area contributed by atoms with Gasteiger partial charge in [0.05, 0.1) is 39.9 Å².